The average Bonchev–Trinajstić information content (AvgIpc) is 2.98. The van der Waals surface area contributed by atoms with Crippen molar-refractivity contribution in [2.24, 2.45) is 0 Å². The van der Waals surface area contributed by atoms with E-state index < -0.39 is 0 Å². The van der Waals surface area contributed by atoms with E-state index in [1.165, 1.54) is 0 Å². The molecule has 0 fully saturated rings. The molecule has 0 saturated carbocycles. The summed E-state index contributed by atoms with van der Waals surface area (Å²) in [7, 11) is 0. The summed E-state index contributed by atoms with van der Waals surface area (Å²) in [5, 5.41) is 7.29. The van der Waals surface area contributed by atoms with E-state index in [0.717, 1.165) is 21.2 Å². The van der Waals surface area contributed by atoms with Gasteiger partial charge in [0.05, 0.1) is 17.1 Å². The second-order valence-electron chi connectivity index (χ2n) is 4.24. The molecule has 0 aliphatic carbocycles. The van der Waals surface area contributed by atoms with Gasteiger partial charge in [-0.25, -0.2) is 0 Å². The van der Waals surface area contributed by atoms with E-state index in [1.54, 1.807) is 11.3 Å². The first kappa shape index (κ1) is 12.3. The van der Waals surface area contributed by atoms with Crippen LogP contribution in [0.1, 0.15) is 5.56 Å². The molecular weight excluding hydrogens is 278 g/mol. The van der Waals surface area contributed by atoms with Crippen LogP contribution in [0.15, 0.2) is 48.0 Å². The predicted molar refractivity (Wildman–Crippen MR) is 80.5 cm³/mol. The van der Waals surface area contributed by atoms with Crippen molar-refractivity contribution in [1.82, 2.24) is 9.78 Å². The molecule has 19 heavy (non-hydrogen) atoms. The molecule has 0 spiro atoms. The fraction of sp³-hybridized carbons (Fsp3) is 0.0714. The van der Waals surface area contributed by atoms with Crippen LogP contribution in [-0.2, 0) is 6.54 Å². The maximum atomic E-state index is 6.01. The van der Waals surface area contributed by atoms with Gasteiger partial charge in [0.15, 0.2) is 0 Å². The van der Waals surface area contributed by atoms with E-state index in [2.05, 4.69) is 5.10 Å². The summed E-state index contributed by atoms with van der Waals surface area (Å²) in [6.07, 6.45) is 1.86. The van der Waals surface area contributed by atoms with Crippen LogP contribution in [0.5, 0.6) is 0 Å². The van der Waals surface area contributed by atoms with Gasteiger partial charge in [0.1, 0.15) is 5.69 Å². The van der Waals surface area contributed by atoms with E-state index in [4.69, 9.17) is 17.3 Å². The van der Waals surface area contributed by atoms with E-state index in [1.807, 2.05) is 52.7 Å². The number of aromatic nitrogens is 2. The van der Waals surface area contributed by atoms with E-state index >= 15 is 0 Å². The van der Waals surface area contributed by atoms with Crippen molar-refractivity contribution in [2.45, 2.75) is 6.54 Å². The van der Waals surface area contributed by atoms with Crippen LogP contribution < -0.4 is 5.73 Å². The normalized spacial score (nSPS) is 10.8. The number of hydrogen-bond acceptors (Lipinski definition) is 3. The largest absolute Gasteiger partial charge is 0.396 e. The summed E-state index contributed by atoms with van der Waals surface area (Å²) in [6, 6.07) is 11.8. The summed E-state index contributed by atoms with van der Waals surface area (Å²) >= 11 is 7.61. The van der Waals surface area contributed by atoms with Crippen molar-refractivity contribution in [3.05, 3.63) is 58.6 Å². The van der Waals surface area contributed by atoms with Crippen LogP contribution in [0.4, 0.5) is 5.69 Å². The highest BCUT2D eigenvalue weighted by Gasteiger charge is 2.09. The van der Waals surface area contributed by atoms with Gasteiger partial charge in [-0.1, -0.05) is 29.8 Å². The zero-order chi connectivity index (χ0) is 13.2. The lowest BCUT2D eigenvalue weighted by Crippen LogP contribution is -2.00. The lowest BCUT2D eigenvalue weighted by Gasteiger charge is -2.01. The van der Waals surface area contributed by atoms with Gasteiger partial charge in [-0.15, -0.1) is 11.3 Å². The highest BCUT2D eigenvalue weighted by molar-refractivity contribution is 7.13. The number of halogens is 1. The highest BCUT2D eigenvalue weighted by Crippen LogP contribution is 2.28. The van der Waals surface area contributed by atoms with Crippen LogP contribution >= 0.6 is 22.9 Å². The van der Waals surface area contributed by atoms with Crippen molar-refractivity contribution in [1.29, 1.82) is 0 Å². The summed E-state index contributed by atoms with van der Waals surface area (Å²) in [5.74, 6) is 0. The third kappa shape index (κ3) is 2.64. The molecule has 96 valence electrons. The molecule has 5 heteroatoms. The molecule has 0 radical (unpaired) electrons. The Bertz CT molecular complexity index is 689. The zero-order valence-corrected chi connectivity index (χ0v) is 11.7. The molecule has 0 saturated heterocycles. The predicted octanol–water partition coefficient (Wildman–Crippen LogP) is 3.90. The van der Waals surface area contributed by atoms with E-state index in [0.29, 0.717) is 12.2 Å². The minimum atomic E-state index is 0.663. The second-order valence-corrected chi connectivity index (χ2v) is 5.62. The summed E-state index contributed by atoms with van der Waals surface area (Å²) in [4.78, 5) is 1.09. The van der Waals surface area contributed by atoms with Gasteiger partial charge in [0.2, 0.25) is 0 Å². The van der Waals surface area contributed by atoms with Crippen LogP contribution in [-0.4, -0.2) is 9.78 Å². The van der Waals surface area contributed by atoms with Crippen molar-refractivity contribution in [3.63, 3.8) is 0 Å². The molecule has 2 aromatic heterocycles. The van der Waals surface area contributed by atoms with Gasteiger partial charge in [0.25, 0.3) is 0 Å². The number of nitrogen functional groups attached to an aromatic ring is 1. The topological polar surface area (TPSA) is 43.8 Å². The SMILES string of the molecule is Nc1cn(Cc2cccc(Cl)c2)nc1-c1cccs1. The first-order valence-electron chi connectivity index (χ1n) is 5.83. The number of nitrogens with two attached hydrogens (primary N) is 1. The number of anilines is 1. The number of nitrogens with zero attached hydrogens (tertiary/aromatic N) is 2. The number of thiophene rings is 1. The molecule has 2 heterocycles. The third-order valence-electron chi connectivity index (χ3n) is 2.78. The third-order valence-corrected chi connectivity index (χ3v) is 3.89. The van der Waals surface area contributed by atoms with Crippen LogP contribution in [0.25, 0.3) is 10.6 Å². The van der Waals surface area contributed by atoms with Gasteiger partial charge in [-0.05, 0) is 29.1 Å². The van der Waals surface area contributed by atoms with Gasteiger partial charge in [-0.2, -0.15) is 5.10 Å². The Morgan fingerprint density at radius 3 is 2.89 bits per heavy atom. The molecule has 0 atom stereocenters. The number of rotatable bonds is 3. The number of hydrogen-bond donors (Lipinski definition) is 1. The minimum Gasteiger partial charge on any atom is -0.396 e. The summed E-state index contributed by atoms with van der Waals surface area (Å²) < 4.78 is 1.84. The Morgan fingerprint density at radius 2 is 2.16 bits per heavy atom. The molecule has 3 aromatic rings. The van der Waals surface area contributed by atoms with Gasteiger partial charge in [0, 0.05) is 11.2 Å². The van der Waals surface area contributed by atoms with Crippen LogP contribution in [0.3, 0.4) is 0 Å². The molecule has 0 aliphatic heterocycles. The molecule has 0 unspecified atom stereocenters. The number of benzene rings is 1. The lowest BCUT2D eigenvalue weighted by molar-refractivity contribution is 0.690. The monoisotopic (exact) mass is 289 g/mol. The van der Waals surface area contributed by atoms with Crippen molar-refractivity contribution >= 4 is 28.6 Å². The van der Waals surface area contributed by atoms with Crippen molar-refractivity contribution < 1.29 is 0 Å². The molecule has 3 nitrogen and oxygen atoms in total. The van der Waals surface area contributed by atoms with Gasteiger partial charge < -0.3 is 5.73 Å². The van der Waals surface area contributed by atoms with Gasteiger partial charge in [-0.3, -0.25) is 4.68 Å². The smallest absolute Gasteiger partial charge is 0.125 e. The first-order chi connectivity index (χ1) is 9.22. The minimum absolute atomic E-state index is 0.663. The zero-order valence-electron chi connectivity index (χ0n) is 10.1. The summed E-state index contributed by atoms with van der Waals surface area (Å²) in [5.41, 5.74) is 8.66. The Labute approximate surface area is 120 Å². The van der Waals surface area contributed by atoms with Gasteiger partial charge >= 0.3 is 0 Å². The quantitative estimate of drug-likeness (QED) is 0.795. The molecule has 3 rings (SSSR count). The molecule has 2 N–H and O–H groups in total. The maximum absolute atomic E-state index is 6.01. The van der Waals surface area contributed by atoms with Crippen molar-refractivity contribution in [2.75, 3.05) is 5.73 Å². The highest BCUT2D eigenvalue weighted by atomic mass is 35.5. The molecule has 1 aromatic carbocycles. The van der Waals surface area contributed by atoms with E-state index in [-0.39, 0.29) is 0 Å². The Morgan fingerprint density at radius 1 is 1.26 bits per heavy atom. The fourth-order valence-electron chi connectivity index (χ4n) is 1.94. The van der Waals surface area contributed by atoms with Crippen LogP contribution in [0.2, 0.25) is 5.02 Å². The molecular formula is C14H12ClN3S. The van der Waals surface area contributed by atoms with Crippen LogP contribution in [0, 0.1) is 0 Å². The van der Waals surface area contributed by atoms with E-state index in [9.17, 15) is 0 Å². The fourth-order valence-corrected chi connectivity index (χ4v) is 2.89. The Kier molecular flexibility index (Phi) is 3.27. The van der Waals surface area contributed by atoms with Crippen molar-refractivity contribution in [3.8, 4) is 10.6 Å². The Balaban J connectivity index is 1.89. The second kappa shape index (κ2) is 5.07. The average molecular weight is 290 g/mol. The molecule has 0 bridgehead atoms. The Hall–Kier alpha value is -1.78. The summed E-state index contributed by atoms with van der Waals surface area (Å²) in [6.45, 7) is 0.663. The first-order valence-corrected chi connectivity index (χ1v) is 7.09. The lowest BCUT2D eigenvalue weighted by atomic mass is 10.2. The maximum Gasteiger partial charge on any atom is 0.125 e. The molecule has 0 amide bonds. The standard InChI is InChI=1S/C14H12ClN3S/c15-11-4-1-3-10(7-11)8-18-9-12(16)14(17-18)13-5-2-6-19-13/h1-7,9H,8,16H2. The molecule has 0 aliphatic rings.